The van der Waals surface area contributed by atoms with Crippen molar-refractivity contribution in [3.63, 3.8) is 0 Å². The molecule has 0 aliphatic rings. The minimum atomic E-state index is -4.61. The van der Waals surface area contributed by atoms with Gasteiger partial charge >= 0.3 is 6.18 Å². The number of hydrogen-bond donors (Lipinski definition) is 2. The third-order valence-corrected chi connectivity index (χ3v) is 4.91. The highest BCUT2D eigenvalue weighted by molar-refractivity contribution is 5.66. The van der Waals surface area contributed by atoms with Gasteiger partial charge in [-0.2, -0.15) is 18.2 Å². The lowest BCUT2D eigenvalue weighted by atomic mass is 10.1. The molecular weight excluding hydrogens is 437 g/mol. The molecule has 2 aromatic carbocycles. The monoisotopic (exact) mass is 462 g/mol. The first-order chi connectivity index (χ1) is 15.8. The van der Waals surface area contributed by atoms with Crippen molar-refractivity contribution in [1.82, 2.24) is 9.97 Å². The summed E-state index contributed by atoms with van der Waals surface area (Å²) in [6.45, 7) is 2.21. The van der Waals surface area contributed by atoms with Crippen LogP contribution in [0.15, 0.2) is 42.6 Å². The predicted molar refractivity (Wildman–Crippen MR) is 120 cm³/mol. The zero-order chi connectivity index (χ0) is 24.0. The summed E-state index contributed by atoms with van der Waals surface area (Å²) in [5, 5.41) is 5.67. The van der Waals surface area contributed by atoms with Gasteiger partial charge in [0.05, 0.1) is 21.3 Å². The number of hydrogen-bond acceptors (Lipinski definition) is 7. The van der Waals surface area contributed by atoms with Crippen molar-refractivity contribution in [2.24, 2.45) is 0 Å². The highest BCUT2D eigenvalue weighted by Crippen LogP contribution is 2.41. The second-order valence-corrected chi connectivity index (χ2v) is 7.02. The zero-order valence-electron chi connectivity index (χ0n) is 18.7. The fourth-order valence-corrected chi connectivity index (χ4v) is 3.15. The molecule has 0 aliphatic carbocycles. The van der Waals surface area contributed by atoms with E-state index in [2.05, 4.69) is 20.6 Å². The van der Waals surface area contributed by atoms with Crippen LogP contribution >= 0.6 is 0 Å². The van der Waals surface area contributed by atoms with E-state index in [9.17, 15) is 13.2 Å². The van der Waals surface area contributed by atoms with Crippen molar-refractivity contribution >= 4 is 17.5 Å². The first-order valence-electron chi connectivity index (χ1n) is 10.1. The van der Waals surface area contributed by atoms with Crippen molar-refractivity contribution in [2.75, 3.05) is 32.0 Å². The minimum absolute atomic E-state index is 0.0268. The lowest BCUT2D eigenvalue weighted by molar-refractivity contribution is -0.137. The lowest BCUT2D eigenvalue weighted by Gasteiger charge is -2.16. The second kappa shape index (κ2) is 10.3. The number of halogens is 3. The molecule has 0 atom stereocenters. The van der Waals surface area contributed by atoms with E-state index >= 15 is 0 Å². The molecule has 176 valence electrons. The summed E-state index contributed by atoms with van der Waals surface area (Å²) >= 11 is 0. The Bertz CT molecular complexity index is 1060. The van der Waals surface area contributed by atoms with Crippen LogP contribution in [0.25, 0.3) is 0 Å². The molecule has 0 bridgehead atoms. The molecule has 3 aromatic rings. The van der Waals surface area contributed by atoms with Crippen molar-refractivity contribution in [3.8, 4) is 17.2 Å². The summed E-state index contributed by atoms with van der Waals surface area (Å²) in [4.78, 5) is 7.91. The fourth-order valence-electron chi connectivity index (χ4n) is 3.15. The molecule has 0 spiro atoms. The number of alkyl halides is 3. The first kappa shape index (κ1) is 24.0. The molecule has 0 unspecified atom stereocenters. The van der Waals surface area contributed by atoms with Gasteiger partial charge in [-0.3, -0.25) is 0 Å². The number of methoxy groups -OCH3 is 3. The summed E-state index contributed by atoms with van der Waals surface area (Å²) in [5.41, 5.74) is 1.47. The third kappa shape index (κ3) is 5.76. The highest BCUT2D eigenvalue weighted by atomic mass is 19.4. The van der Waals surface area contributed by atoms with E-state index in [4.69, 9.17) is 14.2 Å². The van der Waals surface area contributed by atoms with Gasteiger partial charge < -0.3 is 24.8 Å². The van der Waals surface area contributed by atoms with Crippen LogP contribution in [-0.4, -0.2) is 31.3 Å². The second-order valence-electron chi connectivity index (χ2n) is 7.02. The Morgan fingerprint density at radius 1 is 0.909 bits per heavy atom. The van der Waals surface area contributed by atoms with Crippen molar-refractivity contribution in [1.29, 1.82) is 0 Å². The highest BCUT2D eigenvalue weighted by Gasteiger charge is 2.35. The molecule has 0 fully saturated rings. The molecule has 0 aliphatic heterocycles. The molecular formula is C23H25F3N4O3. The average molecular weight is 462 g/mol. The first-order valence-corrected chi connectivity index (χ1v) is 10.1. The van der Waals surface area contributed by atoms with Gasteiger partial charge in [0.1, 0.15) is 11.4 Å². The molecule has 7 nitrogen and oxygen atoms in total. The average Bonchev–Trinajstić information content (AvgIpc) is 2.81. The van der Waals surface area contributed by atoms with E-state index in [1.165, 1.54) is 21.3 Å². The van der Waals surface area contributed by atoms with Crippen LogP contribution in [0.3, 0.4) is 0 Å². The van der Waals surface area contributed by atoms with E-state index in [-0.39, 0.29) is 18.3 Å². The number of nitrogens with one attached hydrogen (secondary N) is 2. The summed E-state index contributed by atoms with van der Waals surface area (Å²) < 4.78 is 56.5. The SMILES string of the molecule is CCc1ccc(CNc2nc(Nc3cc(OC)c(OC)c(OC)c3)ncc2C(F)(F)F)cc1. The number of nitrogens with zero attached hydrogens (tertiary/aromatic N) is 2. The maximum Gasteiger partial charge on any atom is 0.421 e. The van der Waals surface area contributed by atoms with E-state index in [1.54, 1.807) is 12.1 Å². The standard InChI is InChI=1S/C23H25F3N4O3/c1-5-14-6-8-15(9-7-14)12-27-21-17(23(24,25)26)13-28-22(30-21)29-16-10-18(31-2)20(33-4)19(11-16)32-3/h6-11,13H,5,12H2,1-4H3,(H2,27,28,29,30). The Labute approximate surface area is 189 Å². The van der Waals surface area contributed by atoms with Gasteiger partial charge in [-0.05, 0) is 17.5 Å². The molecule has 1 heterocycles. The summed E-state index contributed by atoms with van der Waals surface area (Å²) in [7, 11) is 4.40. The van der Waals surface area contributed by atoms with E-state index in [0.717, 1.165) is 23.7 Å². The van der Waals surface area contributed by atoms with Gasteiger partial charge in [0.25, 0.3) is 0 Å². The quantitative estimate of drug-likeness (QED) is 0.439. The summed E-state index contributed by atoms with van der Waals surface area (Å²) in [5.74, 6) is 0.781. The smallest absolute Gasteiger partial charge is 0.421 e. The van der Waals surface area contributed by atoms with Crippen LogP contribution in [0.2, 0.25) is 0 Å². The molecule has 1 aromatic heterocycles. The Morgan fingerprint density at radius 2 is 1.52 bits per heavy atom. The Balaban J connectivity index is 1.89. The number of anilines is 3. The Hall–Kier alpha value is -3.69. The topological polar surface area (TPSA) is 77.5 Å². The molecule has 10 heteroatoms. The molecule has 0 saturated heterocycles. The van der Waals surface area contributed by atoms with Crippen molar-refractivity contribution in [3.05, 3.63) is 59.3 Å². The lowest BCUT2D eigenvalue weighted by Crippen LogP contribution is -2.14. The maximum absolute atomic E-state index is 13.5. The minimum Gasteiger partial charge on any atom is -0.493 e. The van der Waals surface area contributed by atoms with Crippen LogP contribution < -0.4 is 24.8 Å². The number of rotatable bonds is 9. The van der Waals surface area contributed by atoms with Gasteiger partial charge in [-0.1, -0.05) is 31.2 Å². The van der Waals surface area contributed by atoms with Crippen LogP contribution in [0, 0.1) is 0 Å². The van der Waals surface area contributed by atoms with Gasteiger partial charge in [0, 0.05) is 30.6 Å². The van der Waals surface area contributed by atoms with Crippen LogP contribution in [0.5, 0.6) is 17.2 Å². The molecule has 3 rings (SSSR count). The molecule has 2 N–H and O–H groups in total. The van der Waals surface area contributed by atoms with Crippen LogP contribution in [0.4, 0.5) is 30.6 Å². The van der Waals surface area contributed by atoms with Crippen LogP contribution in [-0.2, 0) is 19.1 Å². The van der Waals surface area contributed by atoms with Gasteiger partial charge in [0.15, 0.2) is 11.5 Å². The number of aromatic nitrogens is 2. The molecule has 33 heavy (non-hydrogen) atoms. The normalized spacial score (nSPS) is 11.1. The van der Waals surface area contributed by atoms with Crippen molar-refractivity contribution in [2.45, 2.75) is 26.1 Å². The van der Waals surface area contributed by atoms with Gasteiger partial charge in [-0.25, -0.2) is 4.98 Å². The maximum atomic E-state index is 13.5. The van der Waals surface area contributed by atoms with E-state index in [0.29, 0.717) is 22.9 Å². The Kier molecular flexibility index (Phi) is 7.47. The number of aryl methyl sites for hydroxylation is 1. The molecule has 0 saturated carbocycles. The largest absolute Gasteiger partial charge is 0.493 e. The van der Waals surface area contributed by atoms with Crippen LogP contribution in [0.1, 0.15) is 23.6 Å². The van der Waals surface area contributed by atoms with Gasteiger partial charge in [-0.15, -0.1) is 0 Å². The van der Waals surface area contributed by atoms with Gasteiger partial charge in [0.2, 0.25) is 11.7 Å². The molecule has 0 amide bonds. The van der Waals surface area contributed by atoms with E-state index < -0.39 is 11.7 Å². The number of ether oxygens (including phenoxy) is 3. The van der Waals surface area contributed by atoms with Crippen molar-refractivity contribution < 1.29 is 27.4 Å². The van der Waals surface area contributed by atoms with E-state index in [1.807, 2.05) is 31.2 Å². The Morgan fingerprint density at radius 3 is 2.03 bits per heavy atom. The summed E-state index contributed by atoms with van der Waals surface area (Å²) in [6.07, 6.45) is -2.98. The predicted octanol–water partition coefficient (Wildman–Crippen LogP) is 5.44. The fraction of sp³-hybridized carbons (Fsp3) is 0.304. The third-order valence-electron chi connectivity index (χ3n) is 4.91. The summed E-state index contributed by atoms with van der Waals surface area (Å²) in [6, 6.07) is 10.8. The zero-order valence-corrected chi connectivity index (χ0v) is 18.7. The molecule has 0 radical (unpaired) electrons. The number of benzene rings is 2.